The van der Waals surface area contributed by atoms with E-state index in [-0.39, 0.29) is 26.5 Å². The van der Waals surface area contributed by atoms with E-state index in [1.54, 1.807) is 7.05 Å². The lowest BCUT2D eigenvalue weighted by Gasteiger charge is -2.27. The highest BCUT2D eigenvalue weighted by Crippen LogP contribution is 2.49. The number of carbonyl (C=O) groups is 1. The van der Waals surface area contributed by atoms with E-state index in [4.69, 9.17) is 23.2 Å². The third-order valence-corrected chi connectivity index (χ3v) is 7.04. The van der Waals surface area contributed by atoms with Crippen molar-refractivity contribution in [3.63, 3.8) is 0 Å². The van der Waals surface area contributed by atoms with Gasteiger partial charge in [-0.05, 0) is 31.8 Å². The van der Waals surface area contributed by atoms with Crippen molar-refractivity contribution >= 4 is 49.2 Å². The first-order valence-corrected chi connectivity index (χ1v) is 12.0. The van der Waals surface area contributed by atoms with Crippen molar-refractivity contribution < 1.29 is 13.2 Å². The molecule has 2 heterocycles. The fraction of sp³-hybridized carbons (Fsp3) is 0.357. The van der Waals surface area contributed by atoms with Crippen molar-refractivity contribution in [2.45, 2.75) is 16.7 Å². The molecule has 0 aliphatic rings. The first-order chi connectivity index (χ1) is 11.3. The summed E-state index contributed by atoms with van der Waals surface area (Å²) in [6, 6.07) is 1.49. The second-order valence-corrected chi connectivity index (χ2v) is 12.6. The van der Waals surface area contributed by atoms with Crippen LogP contribution in [0.1, 0.15) is 16.1 Å². The first-order valence-electron chi connectivity index (χ1n) is 6.94. The summed E-state index contributed by atoms with van der Waals surface area (Å²) in [7, 11) is -3.80. The normalized spacial score (nSPS) is 12.9. The van der Waals surface area contributed by atoms with E-state index >= 15 is 0 Å². The molecule has 0 aromatic carbocycles. The number of rotatable bonds is 4. The Morgan fingerprint density at radius 3 is 2.24 bits per heavy atom. The predicted octanol–water partition coefficient (Wildman–Crippen LogP) is 2.60. The molecule has 0 unspecified atom stereocenters. The summed E-state index contributed by atoms with van der Waals surface area (Å²) in [5, 5.41) is 4.01. The predicted molar refractivity (Wildman–Crippen MR) is 100 cm³/mol. The van der Waals surface area contributed by atoms with Crippen molar-refractivity contribution in [2.24, 2.45) is 7.05 Å². The third-order valence-electron chi connectivity index (χ3n) is 3.29. The summed E-state index contributed by atoms with van der Waals surface area (Å²) in [5.74, 6) is -0.873. The SMILES string of the molecule is Cc1nn(C)cc1S(=O)(=O)NC(=O)c1cc(S(C)(C)C)c(Cl)nc1Cl. The van der Waals surface area contributed by atoms with E-state index < -0.39 is 26.0 Å². The zero-order chi connectivity index (χ0) is 19.2. The number of pyridine rings is 1. The topological polar surface area (TPSA) is 94.0 Å². The number of hydrogen-bond acceptors (Lipinski definition) is 5. The first kappa shape index (κ1) is 20.0. The molecule has 0 radical (unpaired) electrons. The molecule has 2 rings (SSSR count). The van der Waals surface area contributed by atoms with Gasteiger partial charge in [0.25, 0.3) is 15.9 Å². The molecule has 0 spiro atoms. The van der Waals surface area contributed by atoms with Gasteiger partial charge in [0.15, 0.2) is 0 Å². The van der Waals surface area contributed by atoms with E-state index in [1.165, 1.54) is 23.9 Å². The average Bonchev–Trinajstić information content (AvgIpc) is 2.76. The molecule has 0 fully saturated rings. The van der Waals surface area contributed by atoms with Crippen LogP contribution < -0.4 is 4.72 Å². The van der Waals surface area contributed by atoms with Crippen LogP contribution >= 0.6 is 33.2 Å². The summed E-state index contributed by atoms with van der Waals surface area (Å²) in [4.78, 5) is 17.0. The van der Waals surface area contributed by atoms with Crippen molar-refractivity contribution in [1.82, 2.24) is 19.5 Å². The fourth-order valence-electron chi connectivity index (χ4n) is 2.11. The molecule has 1 N–H and O–H groups in total. The van der Waals surface area contributed by atoms with Gasteiger partial charge in [-0.15, -0.1) is 0 Å². The molecule has 11 heteroatoms. The molecule has 0 atom stereocenters. The smallest absolute Gasteiger partial charge is 0.268 e. The minimum absolute atomic E-state index is 0.0476. The number of sulfonamides is 1. The largest absolute Gasteiger partial charge is 0.274 e. The van der Waals surface area contributed by atoms with Gasteiger partial charge in [-0.2, -0.15) is 5.10 Å². The molecular formula is C14H18Cl2N4O3S2. The van der Waals surface area contributed by atoms with E-state index in [0.29, 0.717) is 4.90 Å². The van der Waals surface area contributed by atoms with Crippen LogP contribution in [0.3, 0.4) is 0 Å². The van der Waals surface area contributed by atoms with Gasteiger partial charge in [0.1, 0.15) is 15.2 Å². The Morgan fingerprint density at radius 1 is 1.16 bits per heavy atom. The Balaban J connectivity index is 2.43. The van der Waals surface area contributed by atoms with Crippen LogP contribution in [0.5, 0.6) is 0 Å². The number of aryl methyl sites for hydroxylation is 2. The standard InChI is InChI=1S/C14H18Cl2N4O3S2/c1-8-11(7-20(2)18-8)25(22,23)19-14(21)9-6-10(24(3,4)5)13(16)17-12(9)15/h6-7H,1-5H3,(H,19,21). The van der Waals surface area contributed by atoms with Crippen LogP contribution in [0.25, 0.3) is 0 Å². The number of amides is 1. The van der Waals surface area contributed by atoms with Crippen molar-refractivity contribution in [1.29, 1.82) is 0 Å². The molecule has 2 aromatic heterocycles. The van der Waals surface area contributed by atoms with E-state index in [2.05, 4.69) is 10.1 Å². The van der Waals surface area contributed by atoms with Gasteiger partial charge < -0.3 is 0 Å². The Morgan fingerprint density at radius 2 is 1.76 bits per heavy atom. The maximum atomic E-state index is 12.5. The van der Waals surface area contributed by atoms with Crippen molar-refractivity contribution in [3.8, 4) is 0 Å². The molecule has 1 amide bonds. The second kappa shape index (κ2) is 6.79. The molecule has 25 heavy (non-hydrogen) atoms. The average molecular weight is 425 g/mol. The lowest BCUT2D eigenvalue weighted by molar-refractivity contribution is 0.0981. The second-order valence-electron chi connectivity index (χ2n) is 6.14. The fourth-order valence-corrected chi connectivity index (χ4v) is 5.42. The van der Waals surface area contributed by atoms with E-state index in [9.17, 15) is 13.2 Å². The van der Waals surface area contributed by atoms with Crippen molar-refractivity contribution in [3.05, 3.63) is 33.8 Å². The summed E-state index contributed by atoms with van der Waals surface area (Å²) in [6.07, 6.45) is 7.24. The van der Waals surface area contributed by atoms with Crippen molar-refractivity contribution in [2.75, 3.05) is 18.8 Å². The minimum atomic E-state index is -4.09. The maximum absolute atomic E-state index is 12.5. The van der Waals surface area contributed by atoms with E-state index in [0.717, 1.165) is 0 Å². The molecular weight excluding hydrogens is 407 g/mol. The highest BCUT2D eigenvalue weighted by Gasteiger charge is 2.26. The molecule has 7 nitrogen and oxygen atoms in total. The van der Waals surface area contributed by atoms with Crippen LogP contribution in [-0.4, -0.2) is 47.9 Å². The highest BCUT2D eigenvalue weighted by molar-refractivity contribution is 8.32. The van der Waals surface area contributed by atoms with Gasteiger partial charge in [0, 0.05) is 18.1 Å². The van der Waals surface area contributed by atoms with Gasteiger partial charge in [0.05, 0.1) is 11.3 Å². The molecule has 0 saturated heterocycles. The van der Waals surface area contributed by atoms with Crippen LogP contribution in [0.15, 0.2) is 22.1 Å². The quantitative estimate of drug-likeness (QED) is 0.760. The zero-order valence-corrected chi connectivity index (χ0v) is 17.4. The zero-order valence-electron chi connectivity index (χ0n) is 14.3. The number of nitrogens with zero attached hydrogens (tertiary/aromatic N) is 3. The number of carbonyl (C=O) groups excluding carboxylic acids is 1. The molecule has 0 bridgehead atoms. The monoisotopic (exact) mass is 424 g/mol. The van der Waals surface area contributed by atoms with Crippen LogP contribution in [0.2, 0.25) is 10.3 Å². The Bertz CT molecular complexity index is 950. The van der Waals surface area contributed by atoms with Crippen LogP contribution in [-0.2, 0) is 17.1 Å². The summed E-state index contributed by atoms with van der Waals surface area (Å²) in [5.41, 5.74) is 0.233. The molecule has 0 saturated carbocycles. The number of hydrogen-bond donors (Lipinski definition) is 1. The molecule has 0 aliphatic carbocycles. The number of halogens is 2. The van der Waals surface area contributed by atoms with Crippen LogP contribution in [0, 0.1) is 6.92 Å². The number of nitrogens with one attached hydrogen (secondary N) is 1. The number of aromatic nitrogens is 3. The van der Waals surface area contributed by atoms with Gasteiger partial charge in [-0.25, -0.2) is 28.2 Å². The van der Waals surface area contributed by atoms with E-state index in [1.807, 2.05) is 23.5 Å². The van der Waals surface area contributed by atoms with Gasteiger partial charge in [-0.3, -0.25) is 9.48 Å². The molecule has 2 aromatic rings. The van der Waals surface area contributed by atoms with Gasteiger partial charge in [-0.1, -0.05) is 23.2 Å². The third kappa shape index (κ3) is 4.28. The summed E-state index contributed by atoms with van der Waals surface area (Å²) >= 11 is 12.1. The Hall–Kier alpha value is -1.29. The minimum Gasteiger partial charge on any atom is -0.274 e. The summed E-state index contributed by atoms with van der Waals surface area (Å²) in [6.45, 7) is 1.54. The van der Waals surface area contributed by atoms with Crippen LogP contribution in [0.4, 0.5) is 0 Å². The maximum Gasteiger partial charge on any atom is 0.268 e. The van der Waals surface area contributed by atoms with Gasteiger partial charge in [0.2, 0.25) is 0 Å². The Labute approximate surface area is 158 Å². The lowest BCUT2D eigenvalue weighted by Crippen LogP contribution is -2.31. The Kier molecular flexibility index (Phi) is 5.44. The molecule has 138 valence electrons. The highest BCUT2D eigenvalue weighted by atomic mass is 35.5. The lowest BCUT2D eigenvalue weighted by atomic mass is 10.3. The van der Waals surface area contributed by atoms with Gasteiger partial charge >= 0.3 is 0 Å². The summed E-state index contributed by atoms with van der Waals surface area (Å²) < 4.78 is 28.2. The molecule has 0 aliphatic heterocycles.